The second-order valence-corrected chi connectivity index (χ2v) is 8.26. The number of hydrogen-bond donors (Lipinski definition) is 0. The molecule has 0 aromatic rings. The molecule has 0 rings (SSSR count). The van der Waals surface area contributed by atoms with E-state index in [1.165, 1.54) is 0 Å². The third kappa shape index (κ3) is 9.35. The minimum absolute atomic E-state index is 2.28. The van der Waals surface area contributed by atoms with Crippen molar-refractivity contribution in [2.45, 2.75) is 17.6 Å². The molecule has 0 heterocycles. The van der Waals surface area contributed by atoms with Gasteiger partial charge in [-0.1, -0.05) is 92.8 Å². The zero-order valence-corrected chi connectivity index (χ0v) is 13.3. The van der Waals surface area contributed by atoms with Crippen LogP contribution in [0.15, 0.2) is 0 Å². The first-order valence-electron chi connectivity index (χ1n) is 2.77. The second-order valence-electron chi connectivity index (χ2n) is 1.99. The van der Waals surface area contributed by atoms with Crippen LogP contribution in [0.5, 0.6) is 0 Å². The molecule has 0 spiro atoms. The smallest absolute Gasteiger partial charge is 0.203 e. The minimum atomic E-state index is -3.79. The molecule has 0 fully saturated rings. The molecular formula is C4Cl9F3. The fourth-order valence-corrected chi connectivity index (χ4v) is 0. The first kappa shape index (κ1) is 20.7. The van der Waals surface area contributed by atoms with E-state index in [0.29, 0.717) is 0 Å². The SMILES string of the molecule is FC(Cl)(Cl)C(Cl)(Cl)Cl.FC(F)(Cl)C(Cl)(Cl)Cl. The molecule has 0 atom stereocenters. The Morgan fingerprint density at radius 1 is 0.500 bits per heavy atom. The molecule has 0 amide bonds. The van der Waals surface area contributed by atoms with E-state index in [4.69, 9.17) is 58.0 Å². The van der Waals surface area contributed by atoms with Crippen molar-refractivity contribution in [1.29, 1.82) is 0 Å². The Bertz CT molecular complexity index is 157. The lowest BCUT2D eigenvalue weighted by atomic mass is 10.8. The molecule has 0 nitrogen and oxygen atoms in total. The Kier molecular flexibility index (Phi) is 8.69. The van der Waals surface area contributed by atoms with E-state index < -0.39 is 17.6 Å². The number of halogens is 12. The van der Waals surface area contributed by atoms with Gasteiger partial charge in [0.15, 0.2) is 0 Å². The molecule has 0 bridgehead atoms. The van der Waals surface area contributed by atoms with Gasteiger partial charge >= 0.3 is 9.97 Å². The highest BCUT2D eigenvalue weighted by molar-refractivity contribution is 6.75. The van der Waals surface area contributed by atoms with Gasteiger partial charge in [0.1, 0.15) is 0 Å². The van der Waals surface area contributed by atoms with Gasteiger partial charge in [-0.3, -0.25) is 0 Å². The summed E-state index contributed by atoms with van der Waals surface area (Å²) in [5, 5.41) is -3.79. The fraction of sp³-hybridized carbons (Fsp3) is 1.00. The summed E-state index contributed by atoms with van der Waals surface area (Å²) >= 11 is 42.4. The monoisotopic (exact) mass is 420 g/mol. The molecule has 0 saturated carbocycles. The van der Waals surface area contributed by atoms with Crippen molar-refractivity contribution in [3.8, 4) is 0 Å². The molecule has 0 aliphatic carbocycles. The van der Waals surface area contributed by atoms with Gasteiger partial charge in [-0.15, -0.1) is 0 Å². The van der Waals surface area contributed by atoms with Gasteiger partial charge in [0, 0.05) is 0 Å². The molecule has 12 heteroatoms. The predicted molar refractivity (Wildman–Crippen MR) is 66.9 cm³/mol. The van der Waals surface area contributed by atoms with Crippen molar-refractivity contribution in [2.75, 3.05) is 0 Å². The predicted octanol–water partition coefficient (Wildman–Crippen LogP) is 6.65. The highest BCUT2D eigenvalue weighted by Crippen LogP contribution is 2.46. The molecule has 0 unspecified atom stereocenters. The maximum absolute atomic E-state index is 12.0. The first-order valence-corrected chi connectivity index (χ1v) is 6.17. The Morgan fingerprint density at radius 3 is 0.625 bits per heavy atom. The van der Waals surface area contributed by atoms with Crippen LogP contribution < -0.4 is 0 Å². The second kappa shape index (κ2) is 6.71. The molecule has 0 aromatic carbocycles. The molecule has 0 aliphatic heterocycles. The summed E-state index contributed by atoms with van der Waals surface area (Å²) in [4.78, 5) is 0. The Balaban J connectivity index is 0. The maximum atomic E-state index is 12.0. The molecule has 0 radical (unpaired) electrons. The van der Waals surface area contributed by atoms with E-state index >= 15 is 0 Å². The van der Waals surface area contributed by atoms with Crippen LogP contribution in [-0.4, -0.2) is 17.6 Å². The summed E-state index contributed by atoms with van der Waals surface area (Å²) < 4.78 is 27.4. The summed E-state index contributed by atoms with van der Waals surface area (Å²) in [6.45, 7) is 0. The Morgan fingerprint density at radius 2 is 0.625 bits per heavy atom. The summed E-state index contributed by atoms with van der Waals surface area (Å²) in [6, 6.07) is 0. The van der Waals surface area contributed by atoms with Crippen LogP contribution in [0, 0.1) is 0 Å². The molecule has 0 aromatic heterocycles. The van der Waals surface area contributed by atoms with Crippen molar-refractivity contribution in [3.63, 3.8) is 0 Å². The lowest BCUT2D eigenvalue weighted by Gasteiger charge is -2.17. The van der Waals surface area contributed by atoms with Gasteiger partial charge in [-0.05, 0) is 11.6 Å². The summed E-state index contributed by atoms with van der Waals surface area (Å²) in [6.07, 6.45) is 0. The van der Waals surface area contributed by atoms with E-state index in [1.54, 1.807) is 0 Å². The molecule has 0 aliphatic rings. The van der Waals surface area contributed by atoms with E-state index in [2.05, 4.69) is 46.4 Å². The van der Waals surface area contributed by atoms with Crippen LogP contribution in [0.3, 0.4) is 0 Å². The van der Waals surface area contributed by atoms with E-state index in [1.807, 2.05) is 0 Å². The summed E-state index contributed by atoms with van der Waals surface area (Å²) in [5.74, 6) is 0. The van der Waals surface area contributed by atoms with Crippen LogP contribution >= 0.6 is 104 Å². The fourth-order valence-electron chi connectivity index (χ4n) is 0. The topological polar surface area (TPSA) is 0 Å². The van der Waals surface area contributed by atoms with Gasteiger partial charge in [0.25, 0.3) is 7.59 Å². The highest BCUT2D eigenvalue weighted by Gasteiger charge is 2.48. The van der Waals surface area contributed by atoms with E-state index in [9.17, 15) is 13.2 Å². The molecule has 0 saturated heterocycles. The van der Waals surface area contributed by atoms with Crippen molar-refractivity contribution >= 4 is 104 Å². The average molecular weight is 424 g/mol. The van der Waals surface area contributed by atoms with E-state index in [-0.39, 0.29) is 0 Å². The van der Waals surface area contributed by atoms with Crippen molar-refractivity contribution in [1.82, 2.24) is 0 Å². The lowest BCUT2D eigenvalue weighted by molar-refractivity contribution is 0.101. The molecule has 100 valence electrons. The van der Waals surface area contributed by atoms with Crippen molar-refractivity contribution in [2.24, 2.45) is 0 Å². The van der Waals surface area contributed by atoms with Gasteiger partial charge in [0.05, 0.1) is 0 Å². The van der Waals surface area contributed by atoms with Gasteiger partial charge < -0.3 is 0 Å². The zero-order chi connectivity index (χ0) is 14.0. The van der Waals surface area contributed by atoms with Crippen LogP contribution in [0.25, 0.3) is 0 Å². The Labute approximate surface area is 134 Å². The van der Waals surface area contributed by atoms with Crippen molar-refractivity contribution < 1.29 is 13.2 Å². The first-order chi connectivity index (χ1) is 6.50. The molecular weight excluding hydrogens is 424 g/mol. The quantitative estimate of drug-likeness (QED) is 0.383. The highest BCUT2D eigenvalue weighted by atomic mass is 35.6. The third-order valence-electron chi connectivity index (χ3n) is 0.643. The zero-order valence-electron chi connectivity index (χ0n) is 6.54. The van der Waals surface area contributed by atoms with Crippen LogP contribution in [0.2, 0.25) is 0 Å². The maximum Gasteiger partial charge on any atom is 0.368 e. The average Bonchev–Trinajstić information content (AvgIpc) is 1.77. The third-order valence-corrected chi connectivity index (χ3v) is 3.86. The van der Waals surface area contributed by atoms with Gasteiger partial charge in [-0.2, -0.15) is 8.78 Å². The number of hydrogen-bond acceptors (Lipinski definition) is 0. The van der Waals surface area contributed by atoms with Crippen LogP contribution in [-0.2, 0) is 0 Å². The minimum Gasteiger partial charge on any atom is -0.203 e. The molecule has 16 heavy (non-hydrogen) atoms. The van der Waals surface area contributed by atoms with Gasteiger partial charge in [-0.25, -0.2) is 4.39 Å². The number of alkyl halides is 12. The van der Waals surface area contributed by atoms with Crippen LogP contribution in [0.4, 0.5) is 13.2 Å². The number of rotatable bonds is 0. The summed E-state index contributed by atoms with van der Waals surface area (Å²) in [5.41, 5.74) is 0. The Hall–Kier alpha value is 2.40. The normalized spacial score (nSPS) is 14.2. The standard InChI is InChI=1S/C2Cl5F.C2Cl4F2/c2*3-1(4,5)2(6,7)8. The van der Waals surface area contributed by atoms with Crippen molar-refractivity contribution in [3.05, 3.63) is 0 Å². The van der Waals surface area contributed by atoms with Gasteiger partial charge in [0.2, 0.25) is 0 Å². The van der Waals surface area contributed by atoms with Crippen LogP contribution in [0.1, 0.15) is 0 Å². The summed E-state index contributed by atoms with van der Waals surface area (Å²) in [7, 11) is 0. The lowest BCUT2D eigenvalue weighted by Crippen LogP contribution is -2.26. The van der Waals surface area contributed by atoms with E-state index in [0.717, 1.165) is 0 Å². The largest absolute Gasteiger partial charge is 0.368 e. The molecule has 0 N–H and O–H groups in total.